The molecule has 0 unspecified atom stereocenters. The van der Waals surface area contributed by atoms with Crippen LogP contribution < -0.4 is 0 Å². The fourth-order valence-corrected chi connectivity index (χ4v) is 2.72. The van der Waals surface area contributed by atoms with Crippen LogP contribution >= 0.6 is 0 Å². The van der Waals surface area contributed by atoms with Crippen molar-refractivity contribution in [3.8, 4) is 0 Å². The largest absolute Gasteiger partial charge is 0.391 e. The number of allylic oxidation sites excluding steroid dienone is 3. The minimum absolute atomic E-state index is 1.04. The molecule has 4 heteroatoms. The van der Waals surface area contributed by atoms with Gasteiger partial charge in [-0.2, -0.15) is 8.42 Å². The van der Waals surface area contributed by atoms with Gasteiger partial charge in [-0.25, -0.2) is 0 Å². The minimum atomic E-state index is -3.37. The standard InChI is InChI=1S/C19H36O3S/c1-3-4-5-6-7-8-9-10-11-12-13-14-15-16-17-18-19-22-23(2,20)21/h16-19H,3-15H2,1-2H3/b17-16-,19-18-. The van der Waals surface area contributed by atoms with Crippen LogP contribution in [0.4, 0.5) is 0 Å². The molecule has 0 aromatic rings. The maximum absolute atomic E-state index is 10.7. The zero-order valence-electron chi connectivity index (χ0n) is 15.1. The highest BCUT2D eigenvalue weighted by atomic mass is 32.2. The number of rotatable bonds is 16. The van der Waals surface area contributed by atoms with Gasteiger partial charge in [0.1, 0.15) is 6.26 Å². The van der Waals surface area contributed by atoms with Gasteiger partial charge < -0.3 is 4.18 Å². The summed E-state index contributed by atoms with van der Waals surface area (Å²) in [7, 11) is -3.37. The van der Waals surface area contributed by atoms with E-state index in [-0.39, 0.29) is 0 Å². The van der Waals surface area contributed by atoms with E-state index in [1.807, 2.05) is 6.08 Å². The van der Waals surface area contributed by atoms with Crippen LogP contribution in [0.2, 0.25) is 0 Å². The van der Waals surface area contributed by atoms with Gasteiger partial charge in [0.25, 0.3) is 0 Å². The van der Waals surface area contributed by atoms with Crippen molar-refractivity contribution in [1.29, 1.82) is 0 Å². The summed E-state index contributed by atoms with van der Waals surface area (Å²) < 4.78 is 25.9. The molecule has 0 aromatic carbocycles. The maximum Gasteiger partial charge on any atom is 0.305 e. The van der Waals surface area contributed by atoms with Crippen molar-refractivity contribution in [1.82, 2.24) is 0 Å². The summed E-state index contributed by atoms with van der Waals surface area (Å²) in [6.45, 7) is 2.26. The van der Waals surface area contributed by atoms with Gasteiger partial charge in [0, 0.05) is 0 Å². The van der Waals surface area contributed by atoms with E-state index < -0.39 is 10.1 Å². The molecule has 0 aliphatic carbocycles. The van der Waals surface area contributed by atoms with Crippen LogP contribution in [0, 0.1) is 0 Å². The highest BCUT2D eigenvalue weighted by molar-refractivity contribution is 7.86. The van der Waals surface area contributed by atoms with E-state index in [2.05, 4.69) is 17.2 Å². The van der Waals surface area contributed by atoms with Crippen molar-refractivity contribution in [2.45, 2.75) is 90.4 Å². The lowest BCUT2D eigenvalue weighted by molar-refractivity contribution is 0.450. The molecule has 23 heavy (non-hydrogen) atoms. The summed E-state index contributed by atoms with van der Waals surface area (Å²) in [6, 6.07) is 0. The first-order chi connectivity index (χ1) is 11.1. The molecule has 0 N–H and O–H groups in total. The Balaban J connectivity index is 3.21. The molecule has 0 radical (unpaired) electrons. The van der Waals surface area contributed by atoms with E-state index >= 15 is 0 Å². The van der Waals surface area contributed by atoms with E-state index in [4.69, 9.17) is 0 Å². The van der Waals surface area contributed by atoms with Crippen molar-refractivity contribution in [3.63, 3.8) is 0 Å². The predicted molar refractivity (Wildman–Crippen MR) is 99.9 cm³/mol. The summed E-state index contributed by atoms with van der Waals surface area (Å²) >= 11 is 0. The Morgan fingerprint density at radius 2 is 1.22 bits per heavy atom. The third kappa shape index (κ3) is 21.2. The van der Waals surface area contributed by atoms with Gasteiger partial charge in [-0.3, -0.25) is 0 Å². The Labute approximate surface area is 144 Å². The highest BCUT2D eigenvalue weighted by Crippen LogP contribution is 2.12. The first-order valence-electron chi connectivity index (χ1n) is 9.26. The van der Waals surface area contributed by atoms with Gasteiger partial charge in [0.05, 0.1) is 6.26 Å². The van der Waals surface area contributed by atoms with E-state index in [0.29, 0.717) is 0 Å². The third-order valence-electron chi connectivity index (χ3n) is 3.78. The Kier molecular flexibility index (Phi) is 15.6. The van der Waals surface area contributed by atoms with E-state index in [1.54, 1.807) is 6.08 Å². The predicted octanol–water partition coefficient (Wildman–Crippen LogP) is 6.12. The van der Waals surface area contributed by atoms with E-state index in [9.17, 15) is 8.42 Å². The Hall–Kier alpha value is -0.770. The zero-order chi connectivity index (χ0) is 17.2. The molecular weight excluding hydrogens is 308 g/mol. The quantitative estimate of drug-likeness (QED) is 0.146. The lowest BCUT2D eigenvalue weighted by Gasteiger charge is -2.02. The molecule has 0 aliphatic heterocycles. The molecular formula is C19H36O3S. The van der Waals surface area contributed by atoms with Gasteiger partial charge in [-0.15, -0.1) is 0 Å². The molecule has 0 fully saturated rings. The smallest absolute Gasteiger partial charge is 0.305 e. The Morgan fingerprint density at radius 3 is 1.70 bits per heavy atom. The molecule has 0 atom stereocenters. The molecule has 136 valence electrons. The van der Waals surface area contributed by atoms with Crippen molar-refractivity contribution < 1.29 is 12.6 Å². The Bertz CT molecular complexity index is 397. The van der Waals surface area contributed by atoms with E-state index in [1.165, 1.54) is 83.3 Å². The second kappa shape index (κ2) is 16.1. The molecule has 0 aliphatic rings. The van der Waals surface area contributed by atoms with Gasteiger partial charge in [-0.1, -0.05) is 89.7 Å². The van der Waals surface area contributed by atoms with Crippen LogP contribution in [0.5, 0.6) is 0 Å². The average molecular weight is 345 g/mol. The van der Waals surface area contributed by atoms with Crippen LogP contribution in [0.25, 0.3) is 0 Å². The summed E-state index contributed by atoms with van der Waals surface area (Å²) in [6.07, 6.45) is 25.1. The molecule has 0 heterocycles. The second-order valence-electron chi connectivity index (χ2n) is 6.23. The normalized spacial score (nSPS) is 12.4. The molecule has 0 bridgehead atoms. The fraction of sp³-hybridized carbons (Fsp3) is 0.789. The molecule has 3 nitrogen and oxygen atoms in total. The lowest BCUT2D eigenvalue weighted by atomic mass is 10.0. The SMILES string of the molecule is CCCCCCCCCCCCCC/C=C\C=C/OS(C)(=O)=O. The monoisotopic (exact) mass is 344 g/mol. The van der Waals surface area contributed by atoms with Crippen molar-refractivity contribution >= 4 is 10.1 Å². The average Bonchev–Trinajstić information content (AvgIpc) is 2.49. The number of hydrogen-bond donors (Lipinski definition) is 0. The molecule has 0 saturated heterocycles. The number of hydrogen-bond acceptors (Lipinski definition) is 3. The van der Waals surface area contributed by atoms with Crippen molar-refractivity contribution in [2.75, 3.05) is 6.26 Å². The second-order valence-corrected chi connectivity index (χ2v) is 7.84. The molecule has 0 rings (SSSR count). The summed E-state index contributed by atoms with van der Waals surface area (Å²) in [5, 5.41) is 0. The van der Waals surface area contributed by atoms with Gasteiger partial charge in [0.15, 0.2) is 0 Å². The van der Waals surface area contributed by atoms with Gasteiger partial charge in [0.2, 0.25) is 0 Å². The molecule has 0 aromatic heterocycles. The van der Waals surface area contributed by atoms with Crippen LogP contribution in [0.15, 0.2) is 24.5 Å². The van der Waals surface area contributed by atoms with Crippen molar-refractivity contribution in [2.24, 2.45) is 0 Å². The van der Waals surface area contributed by atoms with Crippen LogP contribution in [0.3, 0.4) is 0 Å². The Morgan fingerprint density at radius 1 is 0.739 bits per heavy atom. The molecule has 0 amide bonds. The summed E-state index contributed by atoms with van der Waals surface area (Å²) in [5.41, 5.74) is 0. The summed E-state index contributed by atoms with van der Waals surface area (Å²) in [5.74, 6) is 0. The third-order valence-corrected chi connectivity index (χ3v) is 4.24. The number of unbranched alkanes of at least 4 members (excludes halogenated alkanes) is 12. The maximum atomic E-state index is 10.7. The lowest BCUT2D eigenvalue weighted by Crippen LogP contribution is -1.95. The molecule has 0 spiro atoms. The van der Waals surface area contributed by atoms with Crippen molar-refractivity contribution in [3.05, 3.63) is 24.5 Å². The first-order valence-corrected chi connectivity index (χ1v) is 11.1. The van der Waals surface area contributed by atoms with Crippen LogP contribution in [0.1, 0.15) is 90.4 Å². The van der Waals surface area contributed by atoms with Crippen LogP contribution in [-0.4, -0.2) is 14.7 Å². The highest BCUT2D eigenvalue weighted by Gasteiger charge is 1.94. The fourth-order valence-electron chi connectivity index (χ4n) is 2.46. The molecule has 0 saturated carbocycles. The topological polar surface area (TPSA) is 43.4 Å². The first kappa shape index (κ1) is 22.2. The van der Waals surface area contributed by atoms with Crippen LogP contribution in [-0.2, 0) is 14.3 Å². The van der Waals surface area contributed by atoms with Gasteiger partial charge in [-0.05, 0) is 18.9 Å². The summed E-state index contributed by atoms with van der Waals surface area (Å²) in [4.78, 5) is 0. The van der Waals surface area contributed by atoms with Gasteiger partial charge >= 0.3 is 10.1 Å². The minimum Gasteiger partial charge on any atom is -0.391 e. The zero-order valence-corrected chi connectivity index (χ0v) is 16.0. The van der Waals surface area contributed by atoms with E-state index in [0.717, 1.165) is 12.7 Å².